The summed E-state index contributed by atoms with van der Waals surface area (Å²) in [5.41, 5.74) is 5.87. The summed E-state index contributed by atoms with van der Waals surface area (Å²) in [4.78, 5) is 4.14. The quantitative estimate of drug-likeness (QED) is 0.171. The molecule has 0 bridgehead atoms. The van der Waals surface area contributed by atoms with Crippen LogP contribution in [-0.2, 0) is 40.6 Å². The van der Waals surface area contributed by atoms with Gasteiger partial charge < -0.3 is 24.3 Å². The lowest BCUT2D eigenvalue weighted by Crippen LogP contribution is -2.40. The third kappa shape index (κ3) is 9.51. The summed E-state index contributed by atoms with van der Waals surface area (Å²) in [5.74, 6) is 1.24. The van der Waals surface area contributed by atoms with E-state index in [9.17, 15) is 0 Å². The number of ether oxygens (including phenoxy) is 4. The van der Waals surface area contributed by atoms with Crippen molar-refractivity contribution >= 4 is 0 Å². The predicted octanol–water partition coefficient (Wildman–Crippen LogP) is 6.45. The molecule has 1 N–H and O–H groups in total. The Kier molecular flexibility index (Phi) is 11.3. The molecule has 6 nitrogen and oxygen atoms in total. The van der Waals surface area contributed by atoms with Crippen molar-refractivity contribution in [2.24, 2.45) is 0 Å². The van der Waals surface area contributed by atoms with Gasteiger partial charge in [0.05, 0.1) is 45.7 Å². The molecular formula is C35H40N2O4. The smallest absolute Gasteiger partial charge is 0.119 e. The first-order chi connectivity index (χ1) is 20.3. The van der Waals surface area contributed by atoms with Crippen LogP contribution in [0.1, 0.15) is 46.6 Å². The zero-order valence-electron chi connectivity index (χ0n) is 23.6. The molecule has 214 valence electrons. The van der Waals surface area contributed by atoms with Crippen molar-refractivity contribution in [2.75, 3.05) is 26.3 Å². The molecule has 6 heteroatoms. The maximum absolute atomic E-state index is 6.47. The fourth-order valence-electron chi connectivity index (χ4n) is 5.10. The fraction of sp³-hybridized carbons (Fsp3) is 0.343. The SMILES string of the molecule is c1ccc(COCCCOc2ccc(C3CCNCC3OCc3cccc(COCc4cccnc4)c3)cc2)cc1. The molecule has 41 heavy (non-hydrogen) atoms. The Hall–Kier alpha value is -3.55. The molecule has 0 saturated carbocycles. The maximum atomic E-state index is 6.47. The molecule has 1 aliphatic rings. The number of hydrogen-bond donors (Lipinski definition) is 1. The van der Waals surface area contributed by atoms with Gasteiger partial charge in [-0.15, -0.1) is 0 Å². The van der Waals surface area contributed by atoms with Crippen LogP contribution in [0.3, 0.4) is 0 Å². The zero-order valence-corrected chi connectivity index (χ0v) is 23.6. The Morgan fingerprint density at radius 2 is 1.46 bits per heavy atom. The molecule has 0 amide bonds. The van der Waals surface area contributed by atoms with Crippen LogP contribution in [0.4, 0.5) is 0 Å². The van der Waals surface area contributed by atoms with Gasteiger partial charge in [-0.25, -0.2) is 0 Å². The van der Waals surface area contributed by atoms with E-state index in [-0.39, 0.29) is 6.10 Å². The second-order valence-corrected chi connectivity index (χ2v) is 10.4. The lowest BCUT2D eigenvalue weighted by atomic mass is 9.87. The van der Waals surface area contributed by atoms with E-state index in [4.69, 9.17) is 18.9 Å². The van der Waals surface area contributed by atoms with Gasteiger partial charge in [-0.1, -0.05) is 72.8 Å². The second kappa shape index (κ2) is 16.0. The molecule has 1 aliphatic heterocycles. The number of benzene rings is 3. The average Bonchev–Trinajstić information content (AvgIpc) is 3.03. The number of rotatable bonds is 15. The van der Waals surface area contributed by atoms with Gasteiger partial charge in [0.25, 0.3) is 0 Å². The monoisotopic (exact) mass is 552 g/mol. The molecule has 2 atom stereocenters. The minimum atomic E-state index is 0.114. The van der Waals surface area contributed by atoms with Gasteiger partial charge in [0.1, 0.15) is 5.75 Å². The van der Waals surface area contributed by atoms with Crippen LogP contribution in [-0.4, -0.2) is 37.4 Å². The standard InChI is InChI=1S/C35H40N2O4/c1-2-7-28(8-3-1)24-38-19-6-20-40-33-14-12-32(13-15-33)34-16-18-37-23-35(34)41-27-30-10-4-9-29(21-30)25-39-26-31-11-5-17-36-22-31/h1-5,7-15,17,21-22,34-35,37H,6,16,18-20,23-27H2. The summed E-state index contributed by atoms with van der Waals surface area (Å²) in [6.45, 7) is 5.50. The number of pyridine rings is 1. The summed E-state index contributed by atoms with van der Waals surface area (Å²) in [5, 5.41) is 3.51. The van der Waals surface area contributed by atoms with Crippen molar-refractivity contribution in [3.63, 3.8) is 0 Å². The van der Waals surface area contributed by atoms with Gasteiger partial charge in [-0.3, -0.25) is 4.98 Å². The Morgan fingerprint density at radius 1 is 0.707 bits per heavy atom. The third-order valence-electron chi connectivity index (χ3n) is 7.26. The maximum Gasteiger partial charge on any atom is 0.119 e. The van der Waals surface area contributed by atoms with Crippen LogP contribution in [0.2, 0.25) is 0 Å². The van der Waals surface area contributed by atoms with E-state index in [1.54, 1.807) is 6.20 Å². The van der Waals surface area contributed by atoms with Crippen LogP contribution in [0.5, 0.6) is 5.75 Å². The first-order valence-electron chi connectivity index (χ1n) is 14.5. The van der Waals surface area contributed by atoms with Crippen LogP contribution in [0, 0.1) is 0 Å². The first kappa shape index (κ1) is 29.0. The summed E-state index contributed by atoms with van der Waals surface area (Å²) >= 11 is 0. The zero-order chi connectivity index (χ0) is 28.0. The molecular weight excluding hydrogens is 512 g/mol. The molecule has 2 unspecified atom stereocenters. The molecule has 3 aromatic carbocycles. The molecule has 4 aromatic rings. The third-order valence-corrected chi connectivity index (χ3v) is 7.26. The van der Waals surface area contributed by atoms with Crippen molar-refractivity contribution in [3.8, 4) is 5.75 Å². The average molecular weight is 553 g/mol. The molecule has 0 radical (unpaired) electrons. The van der Waals surface area contributed by atoms with E-state index in [2.05, 4.69) is 71.0 Å². The predicted molar refractivity (Wildman–Crippen MR) is 161 cm³/mol. The highest BCUT2D eigenvalue weighted by Gasteiger charge is 2.27. The van der Waals surface area contributed by atoms with Crippen LogP contribution in [0.15, 0.2) is 103 Å². The van der Waals surface area contributed by atoms with Gasteiger partial charge in [0.2, 0.25) is 0 Å². The largest absolute Gasteiger partial charge is 0.494 e. The van der Waals surface area contributed by atoms with E-state index in [0.29, 0.717) is 45.6 Å². The van der Waals surface area contributed by atoms with Crippen molar-refractivity contribution < 1.29 is 18.9 Å². The van der Waals surface area contributed by atoms with Crippen LogP contribution < -0.4 is 10.1 Å². The van der Waals surface area contributed by atoms with Gasteiger partial charge in [-0.2, -0.15) is 0 Å². The lowest BCUT2D eigenvalue weighted by molar-refractivity contribution is 0.0105. The number of aromatic nitrogens is 1. The number of hydrogen-bond acceptors (Lipinski definition) is 6. The normalized spacial score (nSPS) is 16.9. The fourth-order valence-corrected chi connectivity index (χ4v) is 5.10. The molecule has 2 heterocycles. The first-order valence-corrected chi connectivity index (χ1v) is 14.5. The number of piperidine rings is 1. The van der Waals surface area contributed by atoms with E-state index < -0.39 is 0 Å². The molecule has 0 spiro atoms. The number of nitrogens with one attached hydrogen (secondary N) is 1. The van der Waals surface area contributed by atoms with Crippen LogP contribution >= 0.6 is 0 Å². The Bertz CT molecular complexity index is 1280. The molecule has 0 aliphatic carbocycles. The molecule has 1 fully saturated rings. The highest BCUT2D eigenvalue weighted by atomic mass is 16.5. The Balaban J connectivity index is 1.05. The van der Waals surface area contributed by atoms with Gasteiger partial charge >= 0.3 is 0 Å². The van der Waals surface area contributed by atoms with E-state index in [0.717, 1.165) is 48.4 Å². The van der Waals surface area contributed by atoms with Gasteiger partial charge in [0.15, 0.2) is 0 Å². The van der Waals surface area contributed by atoms with Crippen molar-refractivity contribution in [1.29, 1.82) is 0 Å². The Labute approximate surface area is 243 Å². The minimum Gasteiger partial charge on any atom is -0.494 e. The summed E-state index contributed by atoms with van der Waals surface area (Å²) in [6, 6.07) is 31.2. The van der Waals surface area contributed by atoms with Crippen molar-refractivity contribution in [2.45, 2.75) is 51.3 Å². The van der Waals surface area contributed by atoms with Crippen molar-refractivity contribution in [3.05, 3.63) is 131 Å². The second-order valence-electron chi connectivity index (χ2n) is 10.4. The molecule has 1 aromatic heterocycles. The summed E-state index contributed by atoms with van der Waals surface area (Å²) in [6.07, 6.45) is 5.63. The summed E-state index contributed by atoms with van der Waals surface area (Å²) in [7, 11) is 0. The lowest BCUT2D eigenvalue weighted by Gasteiger charge is -2.32. The van der Waals surface area contributed by atoms with Crippen molar-refractivity contribution in [1.82, 2.24) is 10.3 Å². The minimum absolute atomic E-state index is 0.114. The van der Waals surface area contributed by atoms with Gasteiger partial charge in [-0.05, 0) is 59.0 Å². The van der Waals surface area contributed by atoms with Gasteiger partial charge in [0, 0.05) is 31.3 Å². The van der Waals surface area contributed by atoms with Crippen LogP contribution in [0.25, 0.3) is 0 Å². The summed E-state index contributed by atoms with van der Waals surface area (Å²) < 4.78 is 24.1. The highest BCUT2D eigenvalue weighted by Crippen LogP contribution is 2.30. The Morgan fingerprint density at radius 3 is 2.29 bits per heavy atom. The van der Waals surface area contributed by atoms with E-state index in [1.807, 2.05) is 36.5 Å². The van der Waals surface area contributed by atoms with E-state index >= 15 is 0 Å². The highest BCUT2D eigenvalue weighted by molar-refractivity contribution is 5.31. The topological polar surface area (TPSA) is 61.8 Å². The van der Waals surface area contributed by atoms with E-state index in [1.165, 1.54) is 11.1 Å². The number of nitrogens with zero attached hydrogens (tertiary/aromatic N) is 1. The molecule has 5 rings (SSSR count). The molecule has 1 saturated heterocycles.